The third-order valence-corrected chi connectivity index (χ3v) is 8.87. The van der Waals surface area contributed by atoms with Crippen LogP contribution in [0.2, 0.25) is 0 Å². The van der Waals surface area contributed by atoms with Gasteiger partial charge in [0.05, 0.1) is 29.1 Å². The number of furan rings is 1. The average molecular weight is 513 g/mol. The first kappa shape index (κ1) is 22.3. The Morgan fingerprint density at radius 2 is 1.62 bits per heavy atom. The summed E-state index contributed by atoms with van der Waals surface area (Å²) in [6, 6.07) is 26.9. The van der Waals surface area contributed by atoms with E-state index in [9.17, 15) is 8.42 Å². The summed E-state index contributed by atoms with van der Waals surface area (Å²) in [4.78, 5) is 5.19. The standard InChI is InChI=1S/C28H24N4O4S/c33-37(34,31-15-17-35-18-16-31)20-11-9-19(10-12-20)25-13-14-26(36-25)28-29-22-6-2-1-5-21(22)27-30-23-7-3-4-8-24(23)32(27)28/h1-14,28-29H,15-18H2. The molecule has 4 heterocycles. The van der Waals surface area contributed by atoms with Crippen LogP contribution in [0.5, 0.6) is 0 Å². The molecule has 2 aromatic heterocycles. The molecule has 186 valence electrons. The van der Waals surface area contributed by atoms with Crippen molar-refractivity contribution in [1.82, 2.24) is 13.9 Å². The predicted octanol–water partition coefficient (Wildman–Crippen LogP) is 4.96. The Morgan fingerprint density at radius 1 is 0.865 bits per heavy atom. The average Bonchev–Trinajstić information content (AvgIpc) is 3.59. The molecule has 5 aromatic rings. The smallest absolute Gasteiger partial charge is 0.243 e. The number of anilines is 1. The molecule has 9 heteroatoms. The summed E-state index contributed by atoms with van der Waals surface area (Å²) in [5.41, 5.74) is 4.77. The SMILES string of the molecule is O=S(=O)(c1ccc(-c2ccc(C3Nc4ccccc4-c4nc5ccccc5n43)o2)cc1)N1CCOCC1. The van der Waals surface area contributed by atoms with E-state index in [1.807, 2.05) is 48.5 Å². The number of hydrogen-bond acceptors (Lipinski definition) is 6. The van der Waals surface area contributed by atoms with Crippen LogP contribution in [0.4, 0.5) is 5.69 Å². The summed E-state index contributed by atoms with van der Waals surface area (Å²) in [7, 11) is -3.55. The number of para-hydroxylation sites is 3. The normalized spacial score (nSPS) is 17.8. The lowest BCUT2D eigenvalue weighted by Gasteiger charge is -2.28. The second-order valence-corrected chi connectivity index (χ2v) is 11.1. The Morgan fingerprint density at radius 3 is 2.46 bits per heavy atom. The van der Waals surface area contributed by atoms with Crippen LogP contribution in [0.1, 0.15) is 11.9 Å². The van der Waals surface area contributed by atoms with Gasteiger partial charge in [-0.25, -0.2) is 13.4 Å². The number of benzene rings is 3. The second kappa shape index (κ2) is 8.58. The molecule has 0 radical (unpaired) electrons. The molecule has 2 aliphatic rings. The van der Waals surface area contributed by atoms with Crippen LogP contribution >= 0.6 is 0 Å². The summed E-state index contributed by atoms with van der Waals surface area (Å²) in [5.74, 6) is 2.28. The number of hydrogen-bond donors (Lipinski definition) is 1. The van der Waals surface area contributed by atoms with E-state index in [0.717, 1.165) is 39.4 Å². The molecule has 0 saturated carbocycles. The van der Waals surface area contributed by atoms with E-state index < -0.39 is 10.0 Å². The van der Waals surface area contributed by atoms with Gasteiger partial charge in [-0.15, -0.1) is 0 Å². The fraction of sp³-hybridized carbons (Fsp3) is 0.179. The van der Waals surface area contributed by atoms with E-state index in [4.69, 9.17) is 14.1 Å². The lowest BCUT2D eigenvalue weighted by Crippen LogP contribution is -2.40. The molecule has 1 saturated heterocycles. The molecule has 37 heavy (non-hydrogen) atoms. The highest BCUT2D eigenvalue weighted by atomic mass is 32.2. The Kier molecular flexibility index (Phi) is 5.17. The molecule has 0 spiro atoms. The lowest BCUT2D eigenvalue weighted by atomic mass is 10.1. The van der Waals surface area contributed by atoms with Gasteiger partial charge in [-0.1, -0.05) is 24.3 Å². The highest BCUT2D eigenvalue weighted by Crippen LogP contribution is 2.41. The van der Waals surface area contributed by atoms with E-state index >= 15 is 0 Å². The van der Waals surface area contributed by atoms with E-state index in [1.54, 1.807) is 24.3 Å². The van der Waals surface area contributed by atoms with Gasteiger partial charge in [0, 0.05) is 29.9 Å². The number of sulfonamides is 1. The van der Waals surface area contributed by atoms with Crippen LogP contribution in [0, 0.1) is 0 Å². The van der Waals surface area contributed by atoms with Crippen molar-refractivity contribution in [2.75, 3.05) is 31.6 Å². The van der Waals surface area contributed by atoms with Gasteiger partial charge in [-0.3, -0.25) is 4.57 Å². The maximum absolute atomic E-state index is 13.0. The molecular formula is C28H24N4O4S. The predicted molar refractivity (Wildman–Crippen MR) is 141 cm³/mol. The maximum atomic E-state index is 13.0. The Balaban J connectivity index is 1.24. The van der Waals surface area contributed by atoms with E-state index in [-0.39, 0.29) is 11.1 Å². The number of fused-ring (bicyclic) bond motifs is 5. The largest absolute Gasteiger partial charge is 0.457 e. The molecule has 1 N–H and O–H groups in total. The minimum atomic E-state index is -3.55. The monoisotopic (exact) mass is 512 g/mol. The van der Waals surface area contributed by atoms with Gasteiger partial charge in [0.15, 0.2) is 6.17 Å². The van der Waals surface area contributed by atoms with Crippen LogP contribution in [0.15, 0.2) is 94.2 Å². The lowest BCUT2D eigenvalue weighted by molar-refractivity contribution is 0.0730. The van der Waals surface area contributed by atoms with Crippen molar-refractivity contribution in [3.63, 3.8) is 0 Å². The van der Waals surface area contributed by atoms with Crippen molar-refractivity contribution in [3.8, 4) is 22.7 Å². The molecule has 8 nitrogen and oxygen atoms in total. The molecule has 1 fully saturated rings. The summed E-state index contributed by atoms with van der Waals surface area (Å²) < 4.78 is 41.2. The maximum Gasteiger partial charge on any atom is 0.243 e. The number of rotatable bonds is 4. The number of ether oxygens (including phenoxy) is 1. The third-order valence-electron chi connectivity index (χ3n) is 6.96. The van der Waals surface area contributed by atoms with Crippen LogP contribution in [-0.4, -0.2) is 48.6 Å². The Labute approximate surface area is 214 Å². The van der Waals surface area contributed by atoms with E-state index in [2.05, 4.69) is 22.0 Å². The van der Waals surface area contributed by atoms with Crippen molar-refractivity contribution < 1.29 is 17.6 Å². The first-order chi connectivity index (χ1) is 18.1. The Bertz CT molecular complexity index is 1720. The van der Waals surface area contributed by atoms with Crippen molar-refractivity contribution >= 4 is 26.7 Å². The zero-order chi connectivity index (χ0) is 25.0. The number of aromatic nitrogens is 2. The van der Waals surface area contributed by atoms with Crippen molar-refractivity contribution in [2.45, 2.75) is 11.1 Å². The van der Waals surface area contributed by atoms with Crippen molar-refractivity contribution in [3.05, 3.63) is 90.7 Å². The zero-order valence-corrected chi connectivity index (χ0v) is 20.7. The molecule has 2 aliphatic heterocycles. The summed E-state index contributed by atoms with van der Waals surface area (Å²) in [6.45, 7) is 1.57. The van der Waals surface area contributed by atoms with Gasteiger partial charge in [-0.2, -0.15) is 4.31 Å². The second-order valence-electron chi connectivity index (χ2n) is 9.13. The van der Waals surface area contributed by atoms with Gasteiger partial charge < -0.3 is 14.5 Å². The van der Waals surface area contributed by atoms with Crippen molar-refractivity contribution in [2.24, 2.45) is 0 Å². The molecule has 1 unspecified atom stereocenters. The topological polar surface area (TPSA) is 89.6 Å². The summed E-state index contributed by atoms with van der Waals surface area (Å²) in [5, 5.41) is 3.61. The van der Waals surface area contributed by atoms with Gasteiger partial charge in [0.1, 0.15) is 17.3 Å². The van der Waals surface area contributed by atoms with E-state index in [1.165, 1.54) is 4.31 Å². The molecule has 0 aliphatic carbocycles. The van der Waals surface area contributed by atoms with Crippen molar-refractivity contribution in [1.29, 1.82) is 0 Å². The molecule has 0 amide bonds. The Hall–Kier alpha value is -3.92. The fourth-order valence-electron chi connectivity index (χ4n) is 5.09. The van der Waals surface area contributed by atoms with Gasteiger partial charge in [0.25, 0.3) is 0 Å². The van der Waals surface area contributed by atoms with Crippen LogP contribution < -0.4 is 5.32 Å². The first-order valence-corrected chi connectivity index (χ1v) is 13.6. The minimum absolute atomic E-state index is 0.269. The minimum Gasteiger partial charge on any atom is -0.457 e. The molecule has 7 rings (SSSR count). The van der Waals surface area contributed by atoms with Gasteiger partial charge in [0.2, 0.25) is 10.0 Å². The molecule has 1 atom stereocenters. The third kappa shape index (κ3) is 3.66. The molecule has 0 bridgehead atoms. The number of morpholine rings is 1. The number of nitrogens with one attached hydrogen (secondary N) is 1. The number of nitrogens with zero attached hydrogens (tertiary/aromatic N) is 3. The number of imidazole rings is 1. The van der Waals surface area contributed by atoms with Crippen LogP contribution in [0.25, 0.3) is 33.7 Å². The van der Waals surface area contributed by atoms with Gasteiger partial charge >= 0.3 is 0 Å². The highest BCUT2D eigenvalue weighted by Gasteiger charge is 2.30. The quantitative estimate of drug-likeness (QED) is 0.366. The summed E-state index contributed by atoms with van der Waals surface area (Å²) in [6.07, 6.45) is -0.285. The molecular weight excluding hydrogens is 488 g/mol. The van der Waals surface area contributed by atoms with E-state index in [0.29, 0.717) is 32.1 Å². The highest BCUT2D eigenvalue weighted by molar-refractivity contribution is 7.89. The first-order valence-electron chi connectivity index (χ1n) is 12.2. The zero-order valence-electron chi connectivity index (χ0n) is 19.9. The fourth-order valence-corrected chi connectivity index (χ4v) is 6.50. The van der Waals surface area contributed by atoms with Crippen LogP contribution in [-0.2, 0) is 14.8 Å². The van der Waals surface area contributed by atoms with Gasteiger partial charge in [-0.05, 0) is 60.7 Å². The van der Waals surface area contributed by atoms with Crippen LogP contribution in [0.3, 0.4) is 0 Å². The molecule has 3 aromatic carbocycles. The summed E-state index contributed by atoms with van der Waals surface area (Å²) >= 11 is 0.